The molecule has 0 unspecified atom stereocenters. The summed E-state index contributed by atoms with van der Waals surface area (Å²) in [5, 5.41) is 7.33. The average molecular weight is 272 g/mol. The molecule has 1 heterocycles. The van der Waals surface area contributed by atoms with Gasteiger partial charge < -0.3 is 11.1 Å². The monoisotopic (exact) mass is 272 g/mol. The zero-order valence-corrected chi connectivity index (χ0v) is 11.8. The summed E-state index contributed by atoms with van der Waals surface area (Å²) >= 11 is 0. The highest BCUT2D eigenvalue weighted by atomic mass is 16.1. The molecule has 0 atom stereocenters. The van der Waals surface area contributed by atoms with E-state index in [0.717, 1.165) is 12.2 Å². The van der Waals surface area contributed by atoms with Crippen molar-refractivity contribution in [2.45, 2.75) is 32.9 Å². The summed E-state index contributed by atoms with van der Waals surface area (Å²) in [5.41, 5.74) is 8.53. The molecule has 3 N–H and O–H groups in total. The number of nitrogens with one attached hydrogen (secondary N) is 1. The van der Waals surface area contributed by atoms with Crippen LogP contribution in [0.3, 0.4) is 0 Å². The third-order valence-corrected chi connectivity index (χ3v) is 3.09. The zero-order chi connectivity index (χ0) is 14.5. The minimum absolute atomic E-state index is 0.102. The quantitative estimate of drug-likeness (QED) is 0.845. The fraction of sp³-hybridized carbons (Fsp3) is 0.333. The van der Waals surface area contributed by atoms with Crippen molar-refractivity contribution in [2.24, 2.45) is 5.73 Å². The van der Waals surface area contributed by atoms with Crippen molar-refractivity contribution in [3.8, 4) is 0 Å². The molecule has 2 aromatic rings. The Morgan fingerprint density at radius 3 is 2.65 bits per heavy atom. The highest BCUT2D eigenvalue weighted by molar-refractivity contribution is 5.73. The summed E-state index contributed by atoms with van der Waals surface area (Å²) in [7, 11) is 0. The molecule has 5 heteroatoms. The van der Waals surface area contributed by atoms with Gasteiger partial charge in [0.1, 0.15) is 6.54 Å². The second-order valence-corrected chi connectivity index (χ2v) is 5.14. The van der Waals surface area contributed by atoms with Crippen molar-refractivity contribution in [3.63, 3.8) is 0 Å². The topological polar surface area (TPSA) is 72.9 Å². The van der Waals surface area contributed by atoms with E-state index in [0.29, 0.717) is 5.92 Å². The van der Waals surface area contributed by atoms with E-state index in [9.17, 15) is 4.79 Å². The number of nitrogens with two attached hydrogens (primary N) is 1. The summed E-state index contributed by atoms with van der Waals surface area (Å²) in [6.45, 7) is 5.19. The van der Waals surface area contributed by atoms with Crippen LogP contribution in [0.4, 0.5) is 5.69 Å². The molecule has 0 radical (unpaired) electrons. The summed E-state index contributed by atoms with van der Waals surface area (Å²) in [4.78, 5) is 10.8. The van der Waals surface area contributed by atoms with Crippen molar-refractivity contribution in [1.29, 1.82) is 0 Å². The minimum Gasteiger partial charge on any atom is -0.378 e. The number of carbonyl (C=O) groups excluding carboxylic acids is 1. The van der Waals surface area contributed by atoms with Crippen LogP contribution in [0, 0.1) is 0 Å². The molecular weight excluding hydrogens is 252 g/mol. The fourth-order valence-corrected chi connectivity index (χ4v) is 1.93. The molecule has 1 aromatic heterocycles. The maximum atomic E-state index is 10.8. The predicted molar refractivity (Wildman–Crippen MR) is 79.3 cm³/mol. The van der Waals surface area contributed by atoms with Crippen LogP contribution in [0.1, 0.15) is 30.9 Å². The number of primary amides is 1. The highest BCUT2D eigenvalue weighted by Crippen LogP contribution is 2.15. The summed E-state index contributed by atoms with van der Waals surface area (Å²) in [6.07, 6.45) is 3.46. The normalized spacial score (nSPS) is 10.8. The van der Waals surface area contributed by atoms with Gasteiger partial charge in [-0.3, -0.25) is 9.48 Å². The molecule has 0 aliphatic carbocycles. The van der Waals surface area contributed by atoms with Gasteiger partial charge in [-0.2, -0.15) is 5.10 Å². The Morgan fingerprint density at radius 1 is 1.35 bits per heavy atom. The third-order valence-electron chi connectivity index (χ3n) is 3.09. The second-order valence-electron chi connectivity index (χ2n) is 5.14. The fourth-order valence-electron chi connectivity index (χ4n) is 1.93. The number of benzene rings is 1. The zero-order valence-electron chi connectivity index (χ0n) is 11.8. The number of aromatic nitrogens is 2. The molecule has 20 heavy (non-hydrogen) atoms. The van der Waals surface area contributed by atoms with Crippen LogP contribution in [0.15, 0.2) is 36.7 Å². The average Bonchev–Trinajstić information content (AvgIpc) is 2.83. The van der Waals surface area contributed by atoms with Gasteiger partial charge in [-0.25, -0.2) is 0 Å². The molecule has 0 bridgehead atoms. The lowest BCUT2D eigenvalue weighted by Crippen LogP contribution is -2.18. The Bertz CT molecular complexity index is 572. The molecule has 1 amide bonds. The lowest BCUT2D eigenvalue weighted by molar-refractivity contribution is -0.118. The van der Waals surface area contributed by atoms with E-state index in [1.807, 2.05) is 0 Å². The van der Waals surface area contributed by atoms with Gasteiger partial charge in [0, 0.05) is 12.7 Å². The molecule has 106 valence electrons. The molecule has 0 saturated carbocycles. The van der Waals surface area contributed by atoms with Gasteiger partial charge in [0.15, 0.2) is 0 Å². The number of anilines is 1. The predicted octanol–water partition coefficient (Wildman–Crippen LogP) is 2.10. The van der Waals surface area contributed by atoms with Crippen molar-refractivity contribution in [1.82, 2.24) is 9.78 Å². The first-order valence-electron chi connectivity index (χ1n) is 6.68. The van der Waals surface area contributed by atoms with Crippen LogP contribution in [0.25, 0.3) is 0 Å². The molecule has 5 nitrogen and oxygen atoms in total. The number of rotatable bonds is 6. The SMILES string of the molecule is CC(C)c1ccc(CNc2cnn(CC(N)=O)c2)cc1. The van der Waals surface area contributed by atoms with Gasteiger partial charge >= 0.3 is 0 Å². The van der Waals surface area contributed by atoms with Crippen molar-refractivity contribution >= 4 is 11.6 Å². The Hall–Kier alpha value is -2.30. The van der Waals surface area contributed by atoms with Gasteiger partial charge in [0.2, 0.25) is 5.91 Å². The largest absolute Gasteiger partial charge is 0.378 e. The summed E-state index contributed by atoms with van der Waals surface area (Å²) < 4.78 is 1.52. The lowest BCUT2D eigenvalue weighted by atomic mass is 10.0. The Balaban J connectivity index is 1.91. The van der Waals surface area contributed by atoms with Gasteiger partial charge in [-0.15, -0.1) is 0 Å². The molecule has 2 rings (SSSR count). The van der Waals surface area contributed by atoms with E-state index in [1.54, 1.807) is 12.4 Å². The van der Waals surface area contributed by atoms with Crippen molar-refractivity contribution in [3.05, 3.63) is 47.8 Å². The number of hydrogen-bond acceptors (Lipinski definition) is 3. The standard InChI is InChI=1S/C15H20N4O/c1-11(2)13-5-3-12(4-6-13)7-17-14-8-18-19(9-14)10-15(16)20/h3-6,8-9,11,17H,7,10H2,1-2H3,(H2,16,20). The number of hydrogen-bond donors (Lipinski definition) is 2. The van der Waals surface area contributed by atoms with Crippen molar-refractivity contribution in [2.75, 3.05) is 5.32 Å². The minimum atomic E-state index is -0.399. The first kappa shape index (κ1) is 14.1. The smallest absolute Gasteiger partial charge is 0.239 e. The molecule has 0 saturated heterocycles. The Labute approximate surface area is 118 Å². The Morgan fingerprint density at radius 2 is 2.05 bits per heavy atom. The van der Waals surface area contributed by atoms with Crippen LogP contribution < -0.4 is 11.1 Å². The van der Waals surface area contributed by atoms with Gasteiger partial charge in [-0.05, 0) is 17.0 Å². The van der Waals surface area contributed by atoms with Crippen LogP contribution in [0.5, 0.6) is 0 Å². The van der Waals surface area contributed by atoms with E-state index in [-0.39, 0.29) is 6.54 Å². The first-order valence-corrected chi connectivity index (χ1v) is 6.68. The first-order chi connectivity index (χ1) is 9.54. The van der Waals surface area contributed by atoms with Gasteiger partial charge in [0.25, 0.3) is 0 Å². The van der Waals surface area contributed by atoms with E-state index < -0.39 is 5.91 Å². The second kappa shape index (κ2) is 6.23. The van der Waals surface area contributed by atoms with E-state index in [4.69, 9.17) is 5.73 Å². The molecule has 0 fully saturated rings. The third kappa shape index (κ3) is 3.85. The van der Waals surface area contributed by atoms with E-state index in [1.165, 1.54) is 15.8 Å². The lowest BCUT2D eigenvalue weighted by Gasteiger charge is -2.07. The van der Waals surface area contributed by atoms with Gasteiger partial charge in [-0.1, -0.05) is 38.1 Å². The van der Waals surface area contributed by atoms with Crippen LogP contribution in [-0.2, 0) is 17.9 Å². The molecular formula is C15H20N4O. The maximum Gasteiger partial charge on any atom is 0.239 e. The highest BCUT2D eigenvalue weighted by Gasteiger charge is 2.02. The van der Waals surface area contributed by atoms with Crippen LogP contribution >= 0.6 is 0 Å². The number of amides is 1. The number of carbonyl (C=O) groups is 1. The van der Waals surface area contributed by atoms with Crippen LogP contribution in [0.2, 0.25) is 0 Å². The molecule has 0 spiro atoms. The molecule has 0 aliphatic heterocycles. The molecule has 1 aromatic carbocycles. The number of nitrogens with zero attached hydrogens (tertiary/aromatic N) is 2. The summed E-state index contributed by atoms with van der Waals surface area (Å²) in [5.74, 6) is 0.146. The van der Waals surface area contributed by atoms with Crippen molar-refractivity contribution < 1.29 is 4.79 Å². The Kier molecular flexibility index (Phi) is 4.40. The summed E-state index contributed by atoms with van der Waals surface area (Å²) in [6, 6.07) is 8.54. The van der Waals surface area contributed by atoms with E-state index in [2.05, 4.69) is 48.5 Å². The van der Waals surface area contributed by atoms with Crippen LogP contribution in [-0.4, -0.2) is 15.7 Å². The molecule has 0 aliphatic rings. The maximum absolute atomic E-state index is 10.8. The van der Waals surface area contributed by atoms with E-state index >= 15 is 0 Å². The van der Waals surface area contributed by atoms with Gasteiger partial charge in [0.05, 0.1) is 11.9 Å².